The zero-order valence-corrected chi connectivity index (χ0v) is 14.9. The number of benzene rings is 1. The Morgan fingerprint density at radius 3 is 2.81 bits per heavy atom. The van der Waals surface area contributed by atoms with Crippen molar-refractivity contribution in [3.63, 3.8) is 0 Å². The second kappa shape index (κ2) is 6.68. The molecule has 6 heteroatoms. The molecule has 0 spiro atoms. The first kappa shape index (κ1) is 15.8. The van der Waals surface area contributed by atoms with Gasteiger partial charge in [0.2, 0.25) is 0 Å². The van der Waals surface area contributed by atoms with Crippen LogP contribution in [0.2, 0.25) is 0 Å². The van der Waals surface area contributed by atoms with Crippen molar-refractivity contribution in [2.45, 2.75) is 38.6 Å². The van der Waals surface area contributed by atoms with E-state index in [4.69, 9.17) is 9.97 Å². The quantitative estimate of drug-likeness (QED) is 0.661. The van der Waals surface area contributed by atoms with Gasteiger partial charge in [0.1, 0.15) is 17.5 Å². The maximum atomic E-state index is 4.89. The summed E-state index contributed by atoms with van der Waals surface area (Å²) in [5.41, 5.74) is 4.56. The van der Waals surface area contributed by atoms with E-state index in [-0.39, 0.29) is 0 Å². The number of nitrogens with one attached hydrogen (secondary N) is 3. The number of H-pyrrole nitrogens is 1. The normalized spacial score (nSPS) is 17.1. The standard InChI is InChI=1S/C20H24N6/c1-2-4-17-16(3-1)24-19(25-17)12-22-20-14-7-9-21-10-8-15(14)23-18(26-20)11-13-5-6-13/h1-4,13,21H,5-12H2,(H,24,25)(H,22,23,26). The molecule has 0 saturated heterocycles. The number of nitrogens with zero attached hydrogens (tertiary/aromatic N) is 3. The third kappa shape index (κ3) is 3.29. The zero-order valence-electron chi connectivity index (χ0n) is 14.9. The van der Waals surface area contributed by atoms with Crippen molar-refractivity contribution < 1.29 is 0 Å². The lowest BCUT2D eigenvalue weighted by Crippen LogP contribution is -2.16. The summed E-state index contributed by atoms with van der Waals surface area (Å²) in [6.07, 6.45) is 5.61. The van der Waals surface area contributed by atoms with Gasteiger partial charge in [-0.1, -0.05) is 12.1 Å². The molecule has 3 aromatic rings. The fourth-order valence-corrected chi connectivity index (χ4v) is 3.67. The Bertz CT molecular complexity index is 894. The number of para-hydroxylation sites is 2. The topological polar surface area (TPSA) is 78.5 Å². The maximum Gasteiger partial charge on any atom is 0.133 e. The second-order valence-corrected chi connectivity index (χ2v) is 7.37. The average Bonchev–Trinajstić information content (AvgIpc) is 3.41. The van der Waals surface area contributed by atoms with Crippen LogP contribution in [0.5, 0.6) is 0 Å². The molecule has 0 radical (unpaired) electrons. The van der Waals surface area contributed by atoms with Gasteiger partial charge in [0, 0.05) is 24.9 Å². The SMILES string of the molecule is c1ccc2[nH]c(CNc3nc(CC4CC4)nc4c3CCNCC4)nc2c1. The molecule has 1 fully saturated rings. The van der Waals surface area contributed by atoms with Crippen LogP contribution < -0.4 is 10.6 Å². The fourth-order valence-electron chi connectivity index (χ4n) is 3.67. The summed E-state index contributed by atoms with van der Waals surface area (Å²) in [7, 11) is 0. The van der Waals surface area contributed by atoms with Crippen LogP contribution in [0.1, 0.15) is 35.7 Å². The smallest absolute Gasteiger partial charge is 0.133 e. The molecular weight excluding hydrogens is 324 g/mol. The summed E-state index contributed by atoms with van der Waals surface area (Å²) >= 11 is 0. The molecule has 2 aliphatic rings. The number of anilines is 1. The summed E-state index contributed by atoms with van der Waals surface area (Å²) in [4.78, 5) is 17.8. The molecule has 0 amide bonds. The predicted octanol–water partition coefficient (Wildman–Crippen LogP) is 2.61. The van der Waals surface area contributed by atoms with E-state index in [0.717, 1.165) is 66.8 Å². The van der Waals surface area contributed by atoms with Crippen molar-refractivity contribution in [1.82, 2.24) is 25.3 Å². The van der Waals surface area contributed by atoms with E-state index in [0.29, 0.717) is 6.54 Å². The number of imidazole rings is 1. The number of aromatic amines is 1. The zero-order chi connectivity index (χ0) is 17.3. The van der Waals surface area contributed by atoms with Gasteiger partial charge in [-0.15, -0.1) is 0 Å². The molecule has 3 N–H and O–H groups in total. The van der Waals surface area contributed by atoms with Crippen molar-refractivity contribution in [2.24, 2.45) is 5.92 Å². The Labute approximate surface area is 152 Å². The highest BCUT2D eigenvalue weighted by Gasteiger charge is 2.24. The number of fused-ring (bicyclic) bond motifs is 2. The largest absolute Gasteiger partial charge is 0.362 e. The van der Waals surface area contributed by atoms with Crippen LogP contribution in [0.3, 0.4) is 0 Å². The third-order valence-corrected chi connectivity index (χ3v) is 5.26. The predicted molar refractivity (Wildman–Crippen MR) is 102 cm³/mol. The van der Waals surface area contributed by atoms with Gasteiger partial charge in [-0.25, -0.2) is 15.0 Å². The minimum absolute atomic E-state index is 0.647. The molecule has 2 aromatic heterocycles. The van der Waals surface area contributed by atoms with Gasteiger partial charge in [-0.2, -0.15) is 0 Å². The number of hydrogen-bond donors (Lipinski definition) is 3. The monoisotopic (exact) mass is 348 g/mol. The van der Waals surface area contributed by atoms with Crippen LogP contribution in [-0.2, 0) is 25.8 Å². The molecule has 1 aliphatic heterocycles. The van der Waals surface area contributed by atoms with Crippen LogP contribution >= 0.6 is 0 Å². The fraction of sp³-hybridized carbons (Fsp3) is 0.450. The summed E-state index contributed by atoms with van der Waals surface area (Å²) < 4.78 is 0. The van der Waals surface area contributed by atoms with Crippen LogP contribution in [0.25, 0.3) is 11.0 Å². The Morgan fingerprint density at radius 2 is 1.92 bits per heavy atom. The van der Waals surface area contributed by atoms with E-state index in [2.05, 4.69) is 26.7 Å². The van der Waals surface area contributed by atoms with Crippen molar-refractivity contribution in [3.05, 3.63) is 47.2 Å². The molecule has 0 unspecified atom stereocenters. The van der Waals surface area contributed by atoms with Gasteiger partial charge in [0.15, 0.2) is 0 Å². The van der Waals surface area contributed by atoms with Gasteiger partial charge < -0.3 is 15.6 Å². The summed E-state index contributed by atoms with van der Waals surface area (Å²) in [5.74, 6) is 3.73. The number of hydrogen-bond acceptors (Lipinski definition) is 5. The molecule has 0 atom stereocenters. The van der Waals surface area contributed by atoms with E-state index in [1.165, 1.54) is 24.1 Å². The Morgan fingerprint density at radius 1 is 1.04 bits per heavy atom. The first-order chi connectivity index (χ1) is 12.8. The Hall–Kier alpha value is -2.47. The van der Waals surface area contributed by atoms with Gasteiger partial charge in [-0.05, 0) is 43.9 Å². The molecular formula is C20H24N6. The average molecular weight is 348 g/mol. The molecule has 26 heavy (non-hydrogen) atoms. The van der Waals surface area contributed by atoms with Gasteiger partial charge in [-0.3, -0.25) is 0 Å². The van der Waals surface area contributed by atoms with Crippen molar-refractivity contribution in [1.29, 1.82) is 0 Å². The highest BCUT2D eigenvalue weighted by molar-refractivity contribution is 5.74. The van der Waals surface area contributed by atoms with E-state index in [1.807, 2.05) is 18.2 Å². The molecule has 1 aliphatic carbocycles. The van der Waals surface area contributed by atoms with E-state index < -0.39 is 0 Å². The van der Waals surface area contributed by atoms with Crippen molar-refractivity contribution in [2.75, 3.05) is 18.4 Å². The molecule has 6 nitrogen and oxygen atoms in total. The highest BCUT2D eigenvalue weighted by atomic mass is 15.1. The summed E-state index contributed by atoms with van der Waals surface area (Å²) in [5, 5.41) is 7.01. The number of rotatable bonds is 5. The molecule has 0 bridgehead atoms. The highest BCUT2D eigenvalue weighted by Crippen LogP contribution is 2.32. The molecule has 134 valence electrons. The minimum atomic E-state index is 0.647. The van der Waals surface area contributed by atoms with E-state index in [1.54, 1.807) is 0 Å². The first-order valence-corrected chi connectivity index (χ1v) is 9.62. The maximum absolute atomic E-state index is 4.89. The van der Waals surface area contributed by atoms with E-state index in [9.17, 15) is 0 Å². The van der Waals surface area contributed by atoms with Crippen molar-refractivity contribution >= 4 is 16.9 Å². The lowest BCUT2D eigenvalue weighted by molar-refractivity contribution is 0.706. The van der Waals surface area contributed by atoms with Crippen LogP contribution in [0.15, 0.2) is 24.3 Å². The lowest BCUT2D eigenvalue weighted by atomic mass is 10.1. The Kier molecular flexibility index (Phi) is 4.05. The van der Waals surface area contributed by atoms with Gasteiger partial charge in [0.05, 0.1) is 23.3 Å². The van der Waals surface area contributed by atoms with Crippen LogP contribution in [0.4, 0.5) is 5.82 Å². The number of aromatic nitrogens is 4. The van der Waals surface area contributed by atoms with E-state index >= 15 is 0 Å². The van der Waals surface area contributed by atoms with Gasteiger partial charge in [0.25, 0.3) is 0 Å². The summed E-state index contributed by atoms with van der Waals surface area (Å²) in [6, 6.07) is 8.13. The Balaban J connectivity index is 1.42. The first-order valence-electron chi connectivity index (χ1n) is 9.62. The minimum Gasteiger partial charge on any atom is -0.362 e. The van der Waals surface area contributed by atoms with Crippen LogP contribution in [-0.4, -0.2) is 33.0 Å². The van der Waals surface area contributed by atoms with Crippen LogP contribution in [0, 0.1) is 5.92 Å². The van der Waals surface area contributed by atoms with Crippen molar-refractivity contribution in [3.8, 4) is 0 Å². The third-order valence-electron chi connectivity index (χ3n) is 5.26. The lowest BCUT2D eigenvalue weighted by Gasteiger charge is -2.14. The molecule has 1 saturated carbocycles. The molecule has 3 heterocycles. The van der Waals surface area contributed by atoms with Gasteiger partial charge >= 0.3 is 0 Å². The second-order valence-electron chi connectivity index (χ2n) is 7.37. The summed E-state index contributed by atoms with van der Waals surface area (Å²) in [6.45, 7) is 2.63. The molecule has 1 aromatic carbocycles. The molecule has 5 rings (SSSR count).